The largest absolute Gasteiger partial charge is 0.469 e. The molecule has 0 N–H and O–H groups in total. The number of benzene rings is 1. The van der Waals surface area contributed by atoms with Crippen molar-refractivity contribution in [1.29, 1.82) is 0 Å². The highest BCUT2D eigenvalue weighted by molar-refractivity contribution is 7.89. The lowest BCUT2D eigenvalue weighted by Crippen LogP contribution is -2.32. The predicted molar refractivity (Wildman–Crippen MR) is 77.6 cm³/mol. The molecule has 112 valence electrons. The third-order valence-electron chi connectivity index (χ3n) is 2.96. The van der Waals surface area contributed by atoms with Gasteiger partial charge in [0, 0.05) is 19.5 Å². The standard InChI is InChI=1S/C14H21NO4S/c1-3-15(12-13-8-5-4-6-9-13)20(17,18)11-7-10-14(16)19-2/h4-6,8-9H,3,7,10-12H2,1-2H3. The molecule has 0 amide bonds. The lowest BCUT2D eigenvalue weighted by Gasteiger charge is -2.20. The summed E-state index contributed by atoms with van der Waals surface area (Å²) in [6.45, 7) is 2.58. The molecule has 0 atom stereocenters. The number of sulfonamides is 1. The highest BCUT2D eigenvalue weighted by atomic mass is 32.2. The second-order valence-electron chi connectivity index (χ2n) is 4.41. The summed E-state index contributed by atoms with van der Waals surface area (Å²) >= 11 is 0. The van der Waals surface area contributed by atoms with E-state index in [0.717, 1.165) is 5.56 Å². The second kappa shape index (κ2) is 8.01. The van der Waals surface area contributed by atoms with Gasteiger partial charge in [-0.05, 0) is 12.0 Å². The van der Waals surface area contributed by atoms with Crippen molar-refractivity contribution in [3.63, 3.8) is 0 Å². The van der Waals surface area contributed by atoms with Gasteiger partial charge in [-0.15, -0.1) is 0 Å². The molecule has 0 bridgehead atoms. The number of esters is 1. The van der Waals surface area contributed by atoms with Gasteiger partial charge in [0.05, 0.1) is 12.9 Å². The van der Waals surface area contributed by atoms with Crippen molar-refractivity contribution < 1.29 is 17.9 Å². The van der Waals surface area contributed by atoms with Gasteiger partial charge in [0.1, 0.15) is 0 Å². The van der Waals surface area contributed by atoms with Gasteiger partial charge in [0.15, 0.2) is 0 Å². The summed E-state index contributed by atoms with van der Waals surface area (Å²) in [5.74, 6) is -0.422. The van der Waals surface area contributed by atoms with Crippen LogP contribution in [0, 0.1) is 0 Å². The maximum Gasteiger partial charge on any atom is 0.305 e. The number of methoxy groups -OCH3 is 1. The molecule has 0 radical (unpaired) electrons. The van der Waals surface area contributed by atoms with Crippen LogP contribution in [0.15, 0.2) is 30.3 Å². The highest BCUT2D eigenvalue weighted by Crippen LogP contribution is 2.11. The van der Waals surface area contributed by atoms with Crippen LogP contribution < -0.4 is 0 Å². The smallest absolute Gasteiger partial charge is 0.305 e. The number of carbonyl (C=O) groups excluding carboxylic acids is 1. The lowest BCUT2D eigenvalue weighted by molar-refractivity contribution is -0.140. The van der Waals surface area contributed by atoms with Crippen molar-refractivity contribution in [2.45, 2.75) is 26.3 Å². The van der Waals surface area contributed by atoms with Gasteiger partial charge in [-0.1, -0.05) is 37.3 Å². The number of rotatable bonds is 8. The molecule has 20 heavy (non-hydrogen) atoms. The third-order valence-corrected chi connectivity index (χ3v) is 4.94. The van der Waals surface area contributed by atoms with E-state index in [9.17, 15) is 13.2 Å². The molecule has 0 saturated heterocycles. The first-order valence-corrected chi connectivity index (χ1v) is 8.19. The number of carbonyl (C=O) groups is 1. The van der Waals surface area contributed by atoms with Gasteiger partial charge in [0.2, 0.25) is 10.0 Å². The van der Waals surface area contributed by atoms with Crippen LogP contribution in [0.5, 0.6) is 0 Å². The number of hydrogen-bond donors (Lipinski definition) is 0. The van der Waals surface area contributed by atoms with E-state index >= 15 is 0 Å². The Morgan fingerprint density at radius 2 is 1.90 bits per heavy atom. The van der Waals surface area contributed by atoms with Gasteiger partial charge in [-0.25, -0.2) is 8.42 Å². The van der Waals surface area contributed by atoms with Crippen LogP contribution in [0.1, 0.15) is 25.3 Å². The van der Waals surface area contributed by atoms with Crippen molar-refractivity contribution in [1.82, 2.24) is 4.31 Å². The third kappa shape index (κ3) is 5.30. The summed E-state index contributed by atoms with van der Waals surface area (Å²) in [4.78, 5) is 11.0. The molecule has 0 spiro atoms. The Balaban J connectivity index is 2.60. The van der Waals surface area contributed by atoms with Crippen LogP contribution >= 0.6 is 0 Å². The molecule has 0 unspecified atom stereocenters. The van der Waals surface area contributed by atoms with Gasteiger partial charge < -0.3 is 4.74 Å². The fourth-order valence-electron chi connectivity index (χ4n) is 1.82. The fraction of sp³-hybridized carbons (Fsp3) is 0.500. The first kappa shape index (κ1) is 16.7. The van der Waals surface area contributed by atoms with Crippen LogP contribution in [0.4, 0.5) is 0 Å². The molecule has 0 saturated carbocycles. The van der Waals surface area contributed by atoms with E-state index in [2.05, 4.69) is 4.74 Å². The SMILES string of the molecule is CCN(Cc1ccccc1)S(=O)(=O)CCCC(=O)OC. The van der Waals surface area contributed by atoms with Crippen molar-refractivity contribution in [3.8, 4) is 0 Å². The van der Waals surface area contributed by atoms with Crippen molar-refractivity contribution >= 4 is 16.0 Å². The van der Waals surface area contributed by atoms with Crippen LogP contribution in [0.2, 0.25) is 0 Å². The topological polar surface area (TPSA) is 63.7 Å². The number of nitrogens with zero attached hydrogens (tertiary/aromatic N) is 1. The fourth-order valence-corrected chi connectivity index (χ4v) is 3.33. The molecule has 0 aromatic heterocycles. The summed E-state index contributed by atoms with van der Waals surface area (Å²) in [5.41, 5.74) is 0.950. The Hall–Kier alpha value is -1.40. The molecule has 1 aromatic rings. The van der Waals surface area contributed by atoms with Crippen LogP contribution in [-0.4, -0.2) is 38.1 Å². The Morgan fingerprint density at radius 1 is 1.25 bits per heavy atom. The molecule has 0 aliphatic rings. The van der Waals surface area contributed by atoms with Gasteiger partial charge >= 0.3 is 5.97 Å². The number of ether oxygens (including phenoxy) is 1. The Bertz CT molecular complexity index is 513. The predicted octanol–water partition coefficient (Wildman–Crippen LogP) is 1.79. The van der Waals surface area contributed by atoms with Crippen molar-refractivity contribution in [2.24, 2.45) is 0 Å². The van der Waals surface area contributed by atoms with Crippen molar-refractivity contribution in [2.75, 3.05) is 19.4 Å². The van der Waals surface area contributed by atoms with Crippen LogP contribution in [0.25, 0.3) is 0 Å². The second-order valence-corrected chi connectivity index (χ2v) is 6.50. The minimum atomic E-state index is -3.35. The minimum Gasteiger partial charge on any atom is -0.469 e. The van der Waals surface area contributed by atoms with E-state index < -0.39 is 10.0 Å². The summed E-state index contributed by atoms with van der Waals surface area (Å²) in [6, 6.07) is 9.45. The Labute approximate surface area is 120 Å². The van der Waals surface area contributed by atoms with E-state index in [1.165, 1.54) is 11.4 Å². The first-order valence-electron chi connectivity index (χ1n) is 6.58. The molecule has 5 nitrogen and oxygen atoms in total. The normalized spacial score (nSPS) is 11.6. The quantitative estimate of drug-likeness (QED) is 0.687. The molecule has 0 aliphatic heterocycles. The zero-order valence-corrected chi connectivity index (χ0v) is 12.7. The van der Waals surface area contributed by atoms with Crippen LogP contribution in [-0.2, 0) is 26.1 Å². The lowest BCUT2D eigenvalue weighted by atomic mass is 10.2. The molecule has 6 heteroatoms. The van der Waals surface area contributed by atoms with Crippen molar-refractivity contribution in [3.05, 3.63) is 35.9 Å². The summed E-state index contributed by atoms with van der Waals surface area (Å²) in [5, 5.41) is 0. The molecule has 1 rings (SSSR count). The summed E-state index contributed by atoms with van der Waals surface area (Å²) < 4.78 is 30.3. The number of hydrogen-bond acceptors (Lipinski definition) is 4. The van der Waals surface area contributed by atoms with E-state index in [1.807, 2.05) is 30.3 Å². The zero-order chi connectivity index (χ0) is 15.0. The Morgan fingerprint density at radius 3 is 2.45 bits per heavy atom. The molecular formula is C14H21NO4S. The molecule has 0 aliphatic carbocycles. The maximum atomic E-state index is 12.2. The average molecular weight is 299 g/mol. The molecular weight excluding hydrogens is 278 g/mol. The highest BCUT2D eigenvalue weighted by Gasteiger charge is 2.20. The van der Waals surface area contributed by atoms with E-state index in [0.29, 0.717) is 13.1 Å². The molecule has 0 heterocycles. The summed E-state index contributed by atoms with van der Waals surface area (Å²) in [6.07, 6.45) is 0.402. The van der Waals surface area contributed by atoms with E-state index in [4.69, 9.17) is 0 Å². The maximum absolute atomic E-state index is 12.2. The monoisotopic (exact) mass is 299 g/mol. The minimum absolute atomic E-state index is 0.0389. The van der Waals surface area contributed by atoms with Gasteiger partial charge in [0.25, 0.3) is 0 Å². The van der Waals surface area contributed by atoms with Gasteiger partial charge in [-0.2, -0.15) is 4.31 Å². The van der Waals surface area contributed by atoms with E-state index in [-0.39, 0.29) is 24.6 Å². The molecule has 1 aromatic carbocycles. The van der Waals surface area contributed by atoms with Gasteiger partial charge in [-0.3, -0.25) is 4.79 Å². The zero-order valence-electron chi connectivity index (χ0n) is 11.9. The van der Waals surface area contributed by atoms with E-state index in [1.54, 1.807) is 6.92 Å². The van der Waals surface area contributed by atoms with Crippen LogP contribution in [0.3, 0.4) is 0 Å². The average Bonchev–Trinajstić information content (AvgIpc) is 2.45. The first-order chi connectivity index (χ1) is 9.49. The molecule has 0 fully saturated rings. The summed E-state index contributed by atoms with van der Waals surface area (Å²) in [7, 11) is -2.05. The Kier molecular flexibility index (Phi) is 6.67.